The van der Waals surface area contributed by atoms with Crippen LogP contribution in [0.15, 0.2) is 79.1 Å². The van der Waals surface area contributed by atoms with E-state index in [9.17, 15) is 14.9 Å². The molecule has 6 heteroatoms. The minimum absolute atomic E-state index is 0.0577. The fraction of sp³-hybridized carbons (Fsp3) is 0.0526. The van der Waals surface area contributed by atoms with Crippen LogP contribution in [0.5, 0.6) is 0 Å². The first-order chi connectivity index (χ1) is 12.1. The number of nitro benzene ring substituents is 1. The molecule has 0 saturated heterocycles. The van der Waals surface area contributed by atoms with Gasteiger partial charge in [0.1, 0.15) is 0 Å². The molecule has 0 saturated carbocycles. The lowest BCUT2D eigenvalue weighted by Gasteiger charge is -2.04. The number of hydrogen-bond acceptors (Lipinski definition) is 3. The summed E-state index contributed by atoms with van der Waals surface area (Å²) in [5.41, 5.74) is 2.52. The van der Waals surface area contributed by atoms with Gasteiger partial charge in [0.05, 0.1) is 4.92 Å². The molecule has 1 aromatic heterocycles. The minimum Gasteiger partial charge on any atom is -0.320 e. The molecule has 0 bridgehead atoms. The van der Waals surface area contributed by atoms with Gasteiger partial charge in [0.2, 0.25) is 6.54 Å². The molecule has 0 atom stereocenters. The molecule has 6 nitrogen and oxygen atoms in total. The van der Waals surface area contributed by atoms with Gasteiger partial charge in [-0.2, -0.15) is 4.57 Å². The number of benzene rings is 2. The molecule has 0 spiro atoms. The lowest BCUT2D eigenvalue weighted by Crippen LogP contribution is -2.39. The summed E-state index contributed by atoms with van der Waals surface area (Å²) >= 11 is 0. The second-order valence-electron chi connectivity index (χ2n) is 5.48. The highest BCUT2D eigenvalue weighted by Crippen LogP contribution is 2.17. The second-order valence-corrected chi connectivity index (χ2v) is 5.48. The van der Waals surface area contributed by atoms with Crippen molar-refractivity contribution in [2.45, 2.75) is 6.54 Å². The maximum Gasteiger partial charge on any atom is 0.290 e. The van der Waals surface area contributed by atoms with Gasteiger partial charge in [-0.3, -0.25) is 14.9 Å². The lowest BCUT2D eigenvalue weighted by atomic mass is 10.1. The quantitative estimate of drug-likeness (QED) is 0.442. The Hall–Kier alpha value is -3.54. The Balaban J connectivity index is 1.65. The lowest BCUT2D eigenvalue weighted by molar-refractivity contribution is -0.684. The fourth-order valence-electron chi connectivity index (χ4n) is 2.45. The highest BCUT2D eigenvalue weighted by Gasteiger charge is 2.12. The number of carbonyl (C=O) groups excluding carboxylic acids is 1. The fourth-order valence-corrected chi connectivity index (χ4v) is 2.45. The molecule has 1 amide bonds. The summed E-state index contributed by atoms with van der Waals surface area (Å²) in [4.78, 5) is 22.4. The number of non-ortho nitro benzene ring substituents is 1. The zero-order chi connectivity index (χ0) is 17.6. The van der Waals surface area contributed by atoms with Crippen LogP contribution in [0.25, 0.3) is 11.1 Å². The van der Waals surface area contributed by atoms with E-state index in [2.05, 4.69) is 5.32 Å². The van der Waals surface area contributed by atoms with Crippen LogP contribution >= 0.6 is 0 Å². The number of pyridine rings is 1. The Kier molecular flexibility index (Phi) is 4.80. The zero-order valence-electron chi connectivity index (χ0n) is 13.3. The van der Waals surface area contributed by atoms with E-state index in [-0.39, 0.29) is 18.1 Å². The van der Waals surface area contributed by atoms with Gasteiger partial charge in [-0.25, -0.2) is 0 Å². The standard InChI is InChI=1S/C19H15N3O3/c23-19(20-17-7-4-8-18(13-17)22(24)25)14-21-11-9-16(10-12-21)15-5-2-1-3-6-15/h1-13H,14H2/p+1. The van der Waals surface area contributed by atoms with Crippen molar-refractivity contribution in [1.82, 2.24) is 0 Å². The molecule has 0 radical (unpaired) electrons. The molecule has 2 aromatic carbocycles. The maximum absolute atomic E-state index is 12.1. The predicted molar refractivity (Wildman–Crippen MR) is 93.8 cm³/mol. The van der Waals surface area contributed by atoms with E-state index < -0.39 is 4.92 Å². The number of aromatic nitrogens is 1. The highest BCUT2D eigenvalue weighted by molar-refractivity contribution is 5.90. The number of anilines is 1. The first-order valence-electron chi connectivity index (χ1n) is 7.71. The summed E-state index contributed by atoms with van der Waals surface area (Å²) in [7, 11) is 0. The van der Waals surface area contributed by atoms with Gasteiger partial charge in [0, 0.05) is 30.0 Å². The zero-order valence-corrected chi connectivity index (χ0v) is 13.3. The first-order valence-corrected chi connectivity index (χ1v) is 7.71. The van der Waals surface area contributed by atoms with Gasteiger partial charge in [-0.1, -0.05) is 36.4 Å². The van der Waals surface area contributed by atoms with Crippen molar-refractivity contribution in [3.05, 3.63) is 89.2 Å². The maximum atomic E-state index is 12.1. The van der Waals surface area contributed by atoms with E-state index >= 15 is 0 Å². The summed E-state index contributed by atoms with van der Waals surface area (Å²) in [6.07, 6.45) is 3.66. The van der Waals surface area contributed by atoms with Crippen LogP contribution in [-0.2, 0) is 11.3 Å². The van der Waals surface area contributed by atoms with Crippen LogP contribution in [-0.4, -0.2) is 10.8 Å². The molecule has 0 aliphatic carbocycles. The van der Waals surface area contributed by atoms with Crippen molar-refractivity contribution in [3.8, 4) is 11.1 Å². The normalized spacial score (nSPS) is 10.2. The number of nitrogens with zero attached hydrogens (tertiary/aromatic N) is 2. The number of carbonyl (C=O) groups is 1. The number of rotatable bonds is 5. The summed E-state index contributed by atoms with van der Waals surface area (Å²) in [5, 5.41) is 13.4. The van der Waals surface area contributed by atoms with Crippen LogP contribution in [0.4, 0.5) is 11.4 Å². The predicted octanol–water partition coefficient (Wildman–Crippen LogP) is 3.19. The van der Waals surface area contributed by atoms with Gasteiger partial charge < -0.3 is 5.32 Å². The van der Waals surface area contributed by atoms with Gasteiger partial charge in [-0.05, 0) is 17.2 Å². The minimum atomic E-state index is -0.493. The largest absolute Gasteiger partial charge is 0.320 e. The Morgan fingerprint density at radius 2 is 1.64 bits per heavy atom. The van der Waals surface area contributed by atoms with Crippen molar-refractivity contribution in [1.29, 1.82) is 0 Å². The van der Waals surface area contributed by atoms with E-state index in [1.807, 2.05) is 54.9 Å². The molecule has 124 valence electrons. The molecular formula is C19H16N3O3+. The van der Waals surface area contributed by atoms with Crippen LogP contribution in [0.1, 0.15) is 0 Å². The van der Waals surface area contributed by atoms with Crippen LogP contribution in [0.2, 0.25) is 0 Å². The summed E-state index contributed by atoms with van der Waals surface area (Å²) in [6, 6.07) is 19.7. The van der Waals surface area contributed by atoms with Crippen molar-refractivity contribution >= 4 is 17.3 Å². The third-order valence-electron chi connectivity index (χ3n) is 3.67. The van der Waals surface area contributed by atoms with Crippen molar-refractivity contribution < 1.29 is 14.3 Å². The van der Waals surface area contributed by atoms with Crippen LogP contribution in [0.3, 0.4) is 0 Å². The Morgan fingerprint density at radius 3 is 2.32 bits per heavy atom. The Bertz CT molecular complexity index is 893. The van der Waals surface area contributed by atoms with E-state index in [1.54, 1.807) is 10.6 Å². The molecule has 0 aliphatic rings. The Morgan fingerprint density at radius 1 is 0.960 bits per heavy atom. The summed E-state index contributed by atoms with van der Waals surface area (Å²) in [5.74, 6) is -0.252. The van der Waals surface area contributed by atoms with Gasteiger partial charge in [0.15, 0.2) is 12.4 Å². The molecule has 3 rings (SSSR count). The smallest absolute Gasteiger partial charge is 0.290 e. The molecule has 0 unspecified atom stereocenters. The van der Waals surface area contributed by atoms with E-state index in [1.165, 1.54) is 18.2 Å². The molecule has 25 heavy (non-hydrogen) atoms. The number of nitro groups is 1. The van der Waals surface area contributed by atoms with Gasteiger partial charge >= 0.3 is 0 Å². The average Bonchev–Trinajstić information content (AvgIpc) is 2.63. The topological polar surface area (TPSA) is 76.1 Å². The van der Waals surface area contributed by atoms with Crippen LogP contribution in [0, 0.1) is 10.1 Å². The second kappa shape index (κ2) is 7.35. The van der Waals surface area contributed by atoms with Crippen molar-refractivity contribution in [2.75, 3.05) is 5.32 Å². The monoisotopic (exact) mass is 334 g/mol. The van der Waals surface area contributed by atoms with Crippen LogP contribution < -0.4 is 9.88 Å². The number of amides is 1. The van der Waals surface area contributed by atoms with Gasteiger partial charge in [0.25, 0.3) is 11.6 Å². The number of nitrogens with one attached hydrogen (secondary N) is 1. The molecule has 1 heterocycles. The summed E-state index contributed by atoms with van der Waals surface area (Å²) in [6.45, 7) is 0.123. The van der Waals surface area contributed by atoms with Crippen molar-refractivity contribution in [2.24, 2.45) is 0 Å². The third-order valence-corrected chi connectivity index (χ3v) is 3.67. The molecule has 0 aliphatic heterocycles. The van der Waals surface area contributed by atoms with Crippen molar-refractivity contribution in [3.63, 3.8) is 0 Å². The average molecular weight is 334 g/mol. The first kappa shape index (κ1) is 16.3. The van der Waals surface area contributed by atoms with E-state index in [4.69, 9.17) is 0 Å². The Labute approximate surface area is 144 Å². The molecular weight excluding hydrogens is 318 g/mol. The molecule has 1 N–H and O–H groups in total. The molecule has 0 fully saturated rings. The van der Waals surface area contributed by atoms with Gasteiger partial charge in [-0.15, -0.1) is 0 Å². The SMILES string of the molecule is O=C(C[n+]1ccc(-c2ccccc2)cc1)Nc1cccc([N+](=O)[O-])c1. The highest BCUT2D eigenvalue weighted by atomic mass is 16.6. The molecule has 3 aromatic rings. The number of hydrogen-bond donors (Lipinski definition) is 1. The van der Waals surface area contributed by atoms with E-state index in [0.717, 1.165) is 11.1 Å². The summed E-state index contributed by atoms with van der Waals surface area (Å²) < 4.78 is 1.75. The van der Waals surface area contributed by atoms with E-state index in [0.29, 0.717) is 5.69 Å². The third kappa shape index (κ3) is 4.26.